The number of rotatable bonds is 18. The van der Waals surface area contributed by atoms with Crippen molar-refractivity contribution in [1.29, 1.82) is 0 Å². The van der Waals surface area contributed by atoms with Gasteiger partial charge in [-0.25, -0.2) is 14.6 Å². The quantitative estimate of drug-likeness (QED) is 0.190. The Morgan fingerprint density at radius 1 is 0.951 bits per heavy atom. The summed E-state index contributed by atoms with van der Waals surface area (Å²) in [4.78, 5) is 31.5. The number of aliphatic hydroxyl groups excluding tert-OH is 1. The van der Waals surface area contributed by atoms with Crippen LogP contribution in [0.25, 0.3) is 0 Å². The lowest BCUT2D eigenvalue weighted by Crippen LogP contribution is -2.55. The van der Waals surface area contributed by atoms with Crippen LogP contribution < -0.4 is 15.7 Å². The number of aliphatic hydroxyl groups is 1. The summed E-state index contributed by atoms with van der Waals surface area (Å²) in [7, 11) is -2.13. The zero-order chi connectivity index (χ0) is 30.6. The number of nitrogens with zero attached hydrogens (tertiary/aromatic N) is 3. The molecule has 0 spiro atoms. The van der Waals surface area contributed by atoms with Crippen molar-refractivity contribution in [3.05, 3.63) is 48.0 Å². The lowest BCUT2D eigenvalue weighted by Gasteiger charge is -2.30. The highest BCUT2D eigenvalue weighted by Gasteiger charge is 2.35. The fraction of sp³-hybridized carbons (Fsp3) is 0.643. The van der Waals surface area contributed by atoms with Gasteiger partial charge in [0.2, 0.25) is 11.8 Å². The molecule has 0 saturated carbocycles. The average molecular weight is 595 g/mol. The second-order valence-electron chi connectivity index (χ2n) is 10.8. The molecule has 0 fully saturated rings. The Morgan fingerprint density at radius 2 is 1.54 bits per heavy atom. The number of carbonyl (C=O) groups is 2. The highest BCUT2D eigenvalue weighted by molar-refractivity contribution is 7.51. The van der Waals surface area contributed by atoms with Crippen molar-refractivity contribution in [2.45, 2.75) is 85.0 Å². The van der Waals surface area contributed by atoms with E-state index in [1.54, 1.807) is 20.9 Å². The fourth-order valence-electron chi connectivity index (χ4n) is 4.48. The SMILES string of the molecule is CCOP(=O)(N[C@@H](Cc1ccccc1)C(=O)N[C@@H](CC(C)C)C(=O)N[C@H](CC(C)C)[C@H](O)c1ncnn1C)OCC. The van der Waals surface area contributed by atoms with E-state index in [4.69, 9.17) is 9.05 Å². The van der Waals surface area contributed by atoms with Crippen LogP contribution in [0.15, 0.2) is 36.7 Å². The topological polar surface area (TPSA) is 157 Å². The molecule has 230 valence electrons. The zero-order valence-corrected chi connectivity index (χ0v) is 26.1. The summed E-state index contributed by atoms with van der Waals surface area (Å²) in [6.45, 7) is 11.5. The van der Waals surface area contributed by atoms with Gasteiger partial charge in [0.15, 0.2) is 5.82 Å². The molecular weight excluding hydrogens is 547 g/mol. The van der Waals surface area contributed by atoms with Crippen LogP contribution in [0, 0.1) is 11.8 Å². The molecule has 1 heterocycles. The first-order valence-electron chi connectivity index (χ1n) is 14.2. The highest BCUT2D eigenvalue weighted by atomic mass is 31.2. The van der Waals surface area contributed by atoms with Crippen LogP contribution in [0.1, 0.15) is 71.9 Å². The molecule has 0 radical (unpaired) electrons. The maximum Gasteiger partial charge on any atom is 0.406 e. The normalized spacial score (nSPS) is 15.0. The molecule has 1 aromatic carbocycles. The van der Waals surface area contributed by atoms with Crippen LogP contribution in [0.5, 0.6) is 0 Å². The molecule has 12 nitrogen and oxygen atoms in total. The van der Waals surface area contributed by atoms with Crippen LogP contribution in [0.3, 0.4) is 0 Å². The summed E-state index contributed by atoms with van der Waals surface area (Å²) in [6.07, 6.45) is 1.26. The standard InChI is InChI=1S/C28H47N6O6P/c1-8-39-41(38,40-9-2)33-24(17-21-13-11-10-12-14-21)28(37)32-23(16-20(5)6)27(36)31-22(15-19(3)4)25(35)26-29-18-30-34(26)7/h10-14,18-20,22-25,35H,8-9,15-17H2,1-7H3,(H,31,36)(H,32,37)(H,33,38)/t22-,23+,24+,25+/m1/s1. The van der Waals surface area contributed by atoms with Crippen molar-refractivity contribution in [3.63, 3.8) is 0 Å². The molecule has 0 aliphatic rings. The second kappa shape index (κ2) is 16.7. The van der Waals surface area contributed by atoms with Crippen LogP contribution in [-0.2, 0) is 36.7 Å². The largest absolute Gasteiger partial charge is 0.406 e. The van der Waals surface area contributed by atoms with Crippen molar-refractivity contribution in [2.24, 2.45) is 18.9 Å². The Kier molecular flexibility index (Phi) is 14.1. The number of aryl methyl sites for hydroxylation is 1. The summed E-state index contributed by atoms with van der Waals surface area (Å²) in [5.41, 5.74) is 0.827. The first-order valence-corrected chi connectivity index (χ1v) is 15.8. The maximum atomic E-state index is 13.7. The molecule has 2 amide bonds. The molecule has 0 bridgehead atoms. The van der Waals surface area contributed by atoms with E-state index in [1.165, 1.54) is 11.0 Å². The second-order valence-corrected chi connectivity index (χ2v) is 12.6. The predicted octanol–water partition coefficient (Wildman–Crippen LogP) is 3.29. The van der Waals surface area contributed by atoms with Crippen molar-refractivity contribution in [1.82, 2.24) is 30.5 Å². The van der Waals surface area contributed by atoms with Gasteiger partial charge < -0.3 is 15.7 Å². The van der Waals surface area contributed by atoms with Gasteiger partial charge in [0, 0.05) is 7.05 Å². The minimum absolute atomic E-state index is 0.0664. The summed E-state index contributed by atoms with van der Waals surface area (Å²) in [6, 6.07) is 6.69. The Labute approximate surface area is 243 Å². The van der Waals surface area contributed by atoms with Gasteiger partial charge in [-0.3, -0.25) is 23.3 Å². The predicted molar refractivity (Wildman–Crippen MR) is 157 cm³/mol. The number of nitrogens with one attached hydrogen (secondary N) is 3. The number of benzene rings is 1. The molecule has 0 saturated heterocycles. The van der Waals surface area contributed by atoms with E-state index < -0.39 is 43.8 Å². The third-order valence-electron chi connectivity index (χ3n) is 6.30. The Hall–Kier alpha value is -2.63. The molecule has 0 aliphatic heterocycles. The molecule has 2 rings (SSSR count). The van der Waals surface area contributed by atoms with Crippen LogP contribution in [0.2, 0.25) is 0 Å². The molecule has 13 heteroatoms. The fourth-order valence-corrected chi connectivity index (χ4v) is 5.97. The summed E-state index contributed by atoms with van der Waals surface area (Å²) < 4.78 is 25.6. The van der Waals surface area contributed by atoms with Crippen molar-refractivity contribution in [3.8, 4) is 0 Å². The maximum absolute atomic E-state index is 13.7. The van der Waals surface area contributed by atoms with Crippen LogP contribution in [0.4, 0.5) is 0 Å². The number of aromatic nitrogens is 3. The van der Waals surface area contributed by atoms with E-state index in [0.717, 1.165) is 5.56 Å². The Bertz CT molecular complexity index is 1120. The lowest BCUT2D eigenvalue weighted by atomic mass is 9.96. The molecule has 0 unspecified atom stereocenters. The number of hydrogen-bond acceptors (Lipinski definition) is 8. The van der Waals surface area contributed by atoms with Gasteiger partial charge in [-0.05, 0) is 50.5 Å². The Morgan fingerprint density at radius 3 is 2.05 bits per heavy atom. The molecule has 0 aliphatic carbocycles. The number of hydrogen-bond donors (Lipinski definition) is 4. The van der Waals surface area contributed by atoms with Gasteiger partial charge in [-0.1, -0.05) is 58.0 Å². The van der Waals surface area contributed by atoms with E-state index in [-0.39, 0.29) is 31.5 Å². The zero-order valence-electron chi connectivity index (χ0n) is 25.2. The first-order chi connectivity index (χ1) is 19.4. The van der Waals surface area contributed by atoms with Gasteiger partial charge in [0.1, 0.15) is 24.5 Å². The third-order valence-corrected chi connectivity index (χ3v) is 8.12. The smallest absolute Gasteiger partial charge is 0.383 e. The van der Waals surface area contributed by atoms with Gasteiger partial charge in [-0.15, -0.1) is 0 Å². The van der Waals surface area contributed by atoms with Crippen molar-refractivity contribution >= 4 is 19.6 Å². The minimum Gasteiger partial charge on any atom is -0.383 e. The third kappa shape index (κ3) is 11.3. The molecule has 4 atom stereocenters. The van der Waals surface area contributed by atoms with Crippen LogP contribution in [-0.4, -0.2) is 63.0 Å². The van der Waals surface area contributed by atoms with E-state index in [0.29, 0.717) is 18.7 Å². The average Bonchev–Trinajstić information content (AvgIpc) is 3.33. The van der Waals surface area contributed by atoms with Crippen molar-refractivity contribution in [2.75, 3.05) is 13.2 Å². The van der Waals surface area contributed by atoms with E-state index in [1.807, 2.05) is 58.0 Å². The van der Waals surface area contributed by atoms with E-state index >= 15 is 0 Å². The molecule has 2 aromatic rings. The lowest BCUT2D eigenvalue weighted by molar-refractivity contribution is -0.131. The molecular formula is C28H47N6O6P. The van der Waals surface area contributed by atoms with E-state index in [9.17, 15) is 19.3 Å². The molecule has 4 N–H and O–H groups in total. The summed E-state index contributed by atoms with van der Waals surface area (Å²) in [5, 5.41) is 23.7. The van der Waals surface area contributed by atoms with Gasteiger partial charge >= 0.3 is 7.75 Å². The highest BCUT2D eigenvalue weighted by Crippen LogP contribution is 2.44. The molecule has 41 heavy (non-hydrogen) atoms. The minimum atomic E-state index is -3.80. The number of amides is 2. The van der Waals surface area contributed by atoms with Crippen molar-refractivity contribution < 1.29 is 28.3 Å². The molecule has 1 aromatic heterocycles. The Balaban J connectivity index is 2.31. The van der Waals surface area contributed by atoms with Gasteiger partial charge in [0.25, 0.3) is 0 Å². The summed E-state index contributed by atoms with van der Waals surface area (Å²) >= 11 is 0. The first kappa shape index (κ1) is 34.6. The van der Waals surface area contributed by atoms with Gasteiger partial charge in [-0.2, -0.15) is 5.10 Å². The monoisotopic (exact) mass is 594 g/mol. The van der Waals surface area contributed by atoms with Gasteiger partial charge in [0.05, 0.1) is 19.3 Å². The van der Waals surface area contributed by atoms with E-state index in [2.05, 4.69) is 25.8 Å². The summed E-state index contributed by atoms with van der Waals surface area (Å²) in [5.74, 6) is -0.405. The van der Waals surface area contributed by atoms with Crippen LogP contribution >= 0.6 is 7.75 Å². The number of carbonyl (C=O) groups excluding carboxylic acids is 2.